The predicted octanol–water partition coefficient (Wildman–Crippen LogP) is 0.329. The molecule has 0 bridgehead atoms. The van der Waals surface area contributed by atoms with Crippen LogP contribution < -0.4 is 5.32 Å². The third kappa shape index (κ3) is 2.80. The van der Waals surface area contributed by atoms with Crippen molar-refractivity contribution in [3.8, 4) is 0 Å². The number of amides is 4. The van der Waals surface area contributed by atoms with Crippen molar-refractivity contribution in [1.82, 2.24) is 15.1 Å². The quantitative estimate of drug-likeness (QED) is 0.734. The van der Waals surface area contributed by atoms with Crippen molar-refractivity contribution in [2.45, 2.75) is 38.6 Å². The van der Waals surface area contributed by atoms with Gasteiger partial charge in [-0.25, -0.2) is 4.79 Å². The van der Waals surface area contributed by atoms with E-state index in [0.29, 0.717) is 25.4 Å². The molecule has 2 heterocycles. The molecule has 2 saturated heterocycles. The molecule has 2 rings (SSSR count). The zero-order valence-corrected chi connectivity index (χ0v) is 10.6. The number of nitrogens with zero attached hydrogens (tertiary/aromatic N) is 2. The zero-order valence-electron chi connectivity index (χ0n) is 10.6. The summed E-state index contributed by atoms with van der Waals surface area (Å²) >= 11 is 0. The van der Waals surface area contributed by atoms with E-state index in [1.807, 2.05) is 4.90 Å². The number of urea groups is 1. The highest BCUT2D eigenvalue weighted by atomic mass is 16.2. The van der Waals surface area contributed by atoms with E-state index in [0.717, 1.165) is 19.4 Å². The van der Waals surface area contributed by atoms with E-state index in [1.54, 1.807) is 0 Å². The number of hydrogen-bond donors (Lipinski definition) is 1. The Morgan fingerprint density at radius 3 is 2.78 bits per heavy atom. The minimum Gasteiger partial charge on any atom is -0.340 e. The summed E-state index contributed by atoms with van der Waals surface area (Å²) in [6, 6.07) is -0.00356. The second-order valence-corrected chi connectivity index (χ2v) is 4.96. The van der Waals surface area contributed by atoms with Crippen molar-refractivity contribution in [3.63, 3.8) is 0 Å². The zero-order chi connectivity index (χ0) is 13.1. The first kappa shape index (κ1) is 12.9. The van der Waals surface area contributed by atoms with E-state index >= 15 is 0 Å². The van der Waals surface area contributed by atoms with E-state index in [4.69, 9.17) is 0 Å². The number of nitrogens with one attached hydrogen (secondary N) is 1. The smallest absolute Gasteiger partial charge is 0.324 e. The molecule has 6 heteroatoms. The molecular weight excluding hydrogens is 234 g/mol. The van der Waals surface area contributed by atoms with Gasteiger partial charge >= 0.3 is 6.03 Å². The second-order valence-electron chi connectivity index (χ2n) is 4.96. The molecule has 0 aliphatic carbocycles. The van der Waals surface area contributed by atoms with Gasteiger partial charge in [0.05, 0.1) is 0 Å². The van der Waals surface area contributed by atoms with E-state index in [-0.39, 0.29) is 24.4 Å². The highest BCUT2D eigenvalue weighted by molar-refractivity contribution is 6.01. The number of carbonyl (C=O) groups is 3. The molecule has 0 spiro atoms. The Kier molecular flexibility index (Phi) is 3.84. The molecule has 0 saturated carbocycles. The van der Waals surface area contributed by atoms with Gasteiger partial charge in [-0.15, -0.1) is 0 Å². The Hall–Kier alpha value is -1.59. The van der Waals surface area contributed by atoms with E-state index in [1.165, 1.54) is 4.90 Å². The van der Waals surface area contributed by atoms with Crippen LogP contribution in [0.15, 0.2) is 0 Å². The molecule has 6 nitrogen and oxygen atoms in total. The summed E-state index contributed by atoms with van der Waals surface area (Å²) in [6.07, 6.45) is 3.22. The first-order chi connectivity index (χ1) is 8.58. The third-order valence-electron chi connectivity index (χ3n) is 3.56. The number of likely N-dealkylation sites (tertiary alicyclic amines) is 1. The number of hydrogen-bond acceptors (Lipinski definition) is 3. The average Bonchev–Trinajstić information content (AvgIpc) is 2.85. The Bertz CT molecular complexity index is 370. The van der Waals surface area contributed by atoms with Crippen LogP contribution in [0.25, 0.3) is 0 Å². The minimum absolute atomic E-state index is 0.118. The van der Waals surface area contributed by atoms with Gasteiger partial charge in [-0.05, 0) is 26.2 Å². The molecule has 0 aromatic heterocycles. The molecule has 2 fully saturated rings. The van der Waals surface area contributed by atoms with Gasteiger partial charge < -0.3 is 9.80 Å². The standard InChI is InChI=1S/C12H19N3O3/c1-9-4-2-7-15(9)11(17)5-3-6-14-8-10(16)13-12(14)18/h9H,2-8H2,1H3,(H,13,16,18)/t9-/m1/s1. The summed E-state index contributed by atoms with van der Waals surface area (Å²) in [7, 11) is 0. The van der Waals surface area contributed by atoms with Crippen molar-refractivity contribution in [1.29, 1.82) is 0 Å². The van der Waals surface area contributed by atoms with Gasteiger partial charge in [0.15, 0.2) is 0 Å². The van der Waals surface area contributed by atoms with Crippen LogP contribution in [0.3, 0.4) is 0 Å². The van der Waals surface area contributed by atoms with E-state index in [9.17, 15) is 14.4 Å². The molecule has 1 N–H and O–H groups in total. The summed E-state index contributed by atoms with van der Waals surface area (Å²) in [5, 5.41) is 2.22. The molecule has 100 valence electrons. The molecule has 2 aliphatic rings. The fourth-order valence-electron chi connectivity index (χ4n) is 2.53. The van der Waals surface area contributed by atoms with E-state index < -0.39 is 0 Å². The lowest BCUT2D eigenvalue weighted by Crippen LogP contribution is -2.34. The predicted molar refractivity (Wildman–Crippen MR) is 64.8 cm³/mol. The largest absolute Gasteiger partial charge is 0.340 e. The topological polar surface area (TPSA) is 69.7 Å². The first-order valence-corrected chi connectivity index (χ1v) is 6.46. The number of imide groups is 1. The Morgan fingerprint density at radius 2 is 2.22 bits per heavy atom. The molecule has 4 amide bonds. The summed E-state index contributed by atoms with van der Waals surface area (Å²) in [5.74, 6) is -0.106. The maximum atomic E-state index is 11.9. The van der Waals surface area contributed by atoms with E-state index in [2.05, 4.69) is 12.2 Å². The molecule has 0 aromatic carbocycles. The molecule has 1 atom stereocenters. The van der Waals surface area contributed by atoms with Crippen LogP contribution in [-0.4, -0.2) is 53.3 Å². The lowest BCUT2D eigenvalue weighted by Gasteiger charge is -2.22. The van der Waals surface area contributed by atoms with Crippen LogP contribution in [0, 0.1) is 0 Å². The van der Waals surface area contributed by atoms with Crippen molar-refractivity contribution in [3.05, 3.63) is 0 Å². The first-order valence-electron chi connectivity index (χ1n) is 6.46. The average molecular weight is 253 g/mol. The fraction of sp³-hybridized carbons (Fsp3) is 0.750. The van der Waals surface area contributed by atoms with Crippen LogP contribution in [0.2, 0.25) is 0 Å². The molecular formula is C12H19N3O3. The van der Waals surface area contributed by atoms with Crippen molar-refractivity contribution >= 4 is 17.8 Å². The monoisotopic (exact) mass is 253 g/mol. The number of rotatable bonds is 4. The van der Waals surface area contributed by atoms with Crippen molar-refractivity contribution in [2.24, 2.45) is 0 Å². The summed E-state index contributed by atoms with van der Waals surface area (Å²) < 4.78 is 0. The maximum absolute atomic E-state index is 11.9. The summed E-state index contributed by atoms with van der Waals surface area (Å²) in [4.78, 5) is 37.5. The highest BCUT2D eigenvalue weighted by Crippen LogP contribution is 2.17. The van der Waals surface area contributed by atoms with Crippen LogP contribution in [0.4, 0.5) is 4.79 Å². The molecule has 2 aliphatic heterocycles. The lowest BCUT2D eigenvalue weighted by atomic mass is 10.2. The molecule has 0 unspecified atom stereocenters. The number of carbonyl (C=O) groups excluding carboxylic acids is 3. The molecule has 18 heavy (non-hydrogen) atoms. The van der Waals surface area contributed by atoms with Crippen LogP contribution in [-0.2, 0) is 9.59 Å². The van der Waals surface area contributed by atoms with Crippen molar-refractivity contribution < 1.29 is 14.4 Å². The fourth-order valence-corrected chi connectivity index (χ4v) is 2.53. The van der Waals surface area contributed by atoms with Crippen LogP contribution in [0.5, 0.6) is 0 Å². The maximum Gasteiger partial charge on any atom is 0.324 e. The third-order valence-corrected chi connectivity index (χ3v) is 3.56. The van der Waals surface area contributed by atoms with Crippen molar-refractivity contribution in [2.75, 3.05) is 19.6 Å². The van der Waals surface area contributed by atoms with Crippen LogP contribution in [0.1, 0.15) is 32.6 Å². The Labute approximate surface area is 106 Å². The summed E-state index contributed by atoms with van der Waals surface area (Å²) in [6.45, 7) is 3.50. The second kappa shape index (κ2) is 5.37. The SMILES string of the molecule is C[C@@H]1CCCN1C(=O)CCCN1CC(=O)NC1=O. The van der Waals surface area contributed by atoms with Gasteiger partial charge in [-0.2, -0.15) is 0 Å². The lowest BCUT2D eigenvalue weighted by molar-refractivity contribution is -0.131. The van der Waals surface area contributed by atoms with Gasteiger partial charge in [0.25, 0.3) is 0 Å². The summed E-state index contributed by atoms with van der Waals surface area (Å²) in [5.41, 5.74) is 0. The van der Waals surface area contributed by atoms with Gasteiger partial charge in [0, 0.05) is 25.6 Å². The molecule has 0 radical (unpaired) electrons. The van der Waals surface area contributed by atoms with Gasteiger partial charge in [0.1, 0.15) is 6.54 Å². The Balaban J connectivity index is 1.70. The normalized spacial score (nSPS) is 23.7. The Morgan fingerprint density at radius 1 is 1.44 bits per heavy atom. The minimum atomic E-state index is -0.345. The van der Waals surface area contributed by atoms with Gasteiger partial charge in [0.2, 0.25) is 11.8 Å². The van der Waals surface area contributed by atoms with Gasteiger partial charge in [-0.1, -0.05) is 0 Å². The van der Waals surface area contributed by atoms with Crippen LogP contribution >= 0.6 is 0 Å². The molecule has 0 aromatic rings. The highest BCUT2D eigenvalue weighted by Gasteiger charge is 2.27. The van der Waals surface area contributed by atoms with Gasteiger partial charge in [-0.3, -0.25) is 14.9 Å².